The number of hydrogen-bond donors (Lipinski definition) is 3. The predicted octanol–water partition coefficient (Wildman–Crippen LogP) is 3.99. The molecule has 3 saturated carbocycles. The minimum absolute atomic E-state index is 0.0717. The second-order valence-corrected chi connectivity index (χ2v) is 15.7. The summed E-state index contributed by atoms with van der Waals surface area (Å²) < 4.78 is 33.4. The number of nitrogens with zero attached hydrogens (tertiary/aromatic N) is 2. The second kappa shape index (κ2) is 13.3. The molecular formula is C35H43N5O7S. The van der Waals surface area contributed by atoms with Crippen LogP contribution < -0.4 is 15.4 Å². The Morgan fingerprint density at radius 2 is 1.79 bits per heavy atom. The highest BCUT2D eigenvalue weighted by molar-refractivity contribution is 7.91. The number of benzene rings is 1. The summed E-state index contributed by atoms with van der Waals surface area (Å²) in [5, 5.41) is 5.10. The summed E-state index contributed by atoms with van der Waals surface area (Å²) in [6.07, 6.45) is 7.84. The third-order valence-electron chi connectivity index (χ3n) is 9.87. The molecule has 5 atom stereocenters. The maximum absolute atomic E-state index is 14.0. The second-order valence-electron chi connectivity index (χ2n) is 13.7. The number of sulfonamides is 1. The molecule has 6 rings (SSSR count). The fourth-order valence-corrected chi connectivity index (χ4v) is 8.16. The van der Waals surface area contributed by atoms with Crippen molar-refractivity contribution in [1.82, 2.24) is 19.9 Å². The number of hydrogen-bond acceptors (Lipinski definition) is 8. The number of fused-ring (bicyclic) bond motifs is 2. The van der Waals surface area contributed by atoms with Crippen molar-refractivity contribution in [3.05, 3.63) is 59.8 Å². The molecule has 2 heterocycles. The van der Waals surface area contributed by atoms with E-state index in [1.54, 1.807) is 18.1 Å². The number of aryl methyl sites for hydroxylation is 2. The van der Waals surface area contributed by atoms with Crippen molar-refractivity contribution in [2.75, 3.05) is 18.9 Å². The Hall–Kier alpha value is -4.26. The molecule has 0 unspecified atom stereocenters. The average molecular weight is 678 g/mol. The van der Waals surface area contributed by atoms with Crippen molar-refractivity contribution in [1.29, 1.82) is 0 Å². The Bertz CT molecular complexity index is 1740. The molecule has 48 heavy (non-hydrogen) atoms. The molecule has 2 aromatic rings. The van der Waals surface area contributed by atoms with Crippen LogP contribution in [0.5, 0.6) is 0 Å². The van der Waals surface area contributed by atoms with Crippen molar-refractivity contribution >= 4 is 39.5 Å². The fraction of sp³-hybridized carbons (Fsp3) is 0.514. The van der Waals surface area contributed by atoms with E-state index in [0.29, 0.717) is 36.3 Å². The SMILES string of the molecule is Cc1ccc(-c2ccc(C)cc2NC(=O)O[C@@H]2C[C@H]3C(=O)N[C@]4(C(=O)NS(=O)(=O)C5CC5)C[C@@H]4/C=C\CCCCN(C)C(=O)[C@@H]3C2)nc1. The Labute approximate surface area is 281 Å². The van der Waals surface area contributed by atoms with Crippen LogP contribution >= 0.6 is 0 Å². The molecule has 3 fully saturated rings. The van der Waals surface area contributed by atoms with Gasteiger partial charge in [0.1, 0.15) is 11.6 Å². The Balaban J connectivity index is 1.20. The number of rotatable bonds is 6. The Kier molecular flexibility index (Phi) is 9.34. The highest BCUT2D eigenvalue weighted by Gasteiger charge is 2.62. The summed E-state index contributed by atoms with van der Waals surface area (Å²) in [5.74, 6) is -3.57. The van der Waals surface area contributed by atoms with Crippen molar-refractivity contribution < 1.29 is 32.3 Å². The van der Waals surface area contributed by atoms with Gasteiger partial charge >= 0.3 is 6.09 Å². The van der Waals surface area contributed by atoms with E-state index < -0.39 is 56.7 Å². The van der Waals surface area contributed by atoms with Crippen LogP contribution in [-0.4, -0.2) is 72.6 Å². The van der Waals surface area contributed by atoms with Crippen LogP contribution in [0.2, 0.25) is 0 Å². The Morgan fingerprint density at radius 1 is 1.04 bits per heavy atom. The van der Waals surface area contributed by atoms with E-state index in [-0.39, 0.29) is 31.1 Å². The van der Waals surface area contributed by atoms with Gasteiger partial charge in [-0.3, -0.25) is 29.4 Å². The number of anilines is 1. The highest BCUT2D eigenvalue weighted by Crippen LogP contribution is 2.47. The maximum Gasteiger partial charge on any atom is 0.411 e. The number of carbonyl (C=O) groups is 4. The van der Waals surface area contributed by atoms with E-state index >= 15 is 0 Å². The van der Waals surface area contributed by atoms with Crippen LogP contribution in [0.3, 0.4) is 0 Å². The summed E-state index contributed by atoms with van der Waals surface area (Å²) in [6, 6.07) is 9.44. The first-order valence-corrected chi connectivity index (χ1v) is 18.2. The molecule has 1 aromatic heterocycles. The van der Waals surface area contributed by atoms with Crippen LogP contribution in [0, 0.1) is 31.6 Å². The van der Waals surface area contributed by atoms with Crippen molar-refractivity contribution in [3.63, 3.8) is 0 Å². The first-order valence-electron chi connectivity index (χ1n) is 16.7. The summed E-state index contributed by atoms with van der Waals surface area (Å²) in [7, 11) is -2.14. The minimum atomic E-state index is -3.84. The lowest BCUT2D eigenvalue weighted by atomic mass is 9.93. The smallest absolute Gasteiger partial charge is 0.411 e. The monoisotopic (exact) mass is 677 g/mol. The van der Waals surface area contributed by atoms with Gasteiger partial charge in [-0.2, -0.15) is 0 Å². The maximum atomic E-state index is 14.0. The molecule has 13 heteroatoms. The molecule has 3 N–H and O–H groups in total. The van der Waals surface area contributed by atoms with Crippen LogP contribution in [0.15, 0.2) is 48.7 Å². The van der Waals surface area contributed by atoms with Gasteiger partial charge in [0.25, 0.3) is 5.91 Å². The number of amides is 4. The van der Waals surface area contributed by atoms with E-state index in [2.05, 4.69) is 20.3 Å². The van der Waals surface area contributed by atoms with Crippen LogP contribution in [0.25, 0.3) is 11.3 Å². The standard InChI is InChI=1S/C35H43N5O7S/c1-21-9-13-26(29-14-10-22(2)20-36-29)30(16-21)37-34(44)47-24-17-27-28(18-24)32(42)40(3)15-7-5-4-6-8-23-19-35(23,38-31(27)41)33(43)39-48(45,46)25-11-12-25/h6,8-10,13-14,16,20,23-25,27-28H,4-5,7,11-12,15,17-19H2,1-3H3,(H,37,44)(H,38,41)(H,39,43)/b8-6-/t23-,24+,27+,28+,35+/m0/s1. The average Bonchev–Trinajstić information content (AvgIpc) is 3.96. The molecule has 0 radical (unpaired) electrons. The largest absolute Gasteiger partial charge is 0.446 e. The number of ether oxygens (including phenoxy) is 1. The van der Waals surface area contributed by atoms with Crippen LogP contribution in [0.4, 0.5) is 10.5 Å². The van der Waals surface area contributed by atoms with Gasteiger partial charge in [0.2, 0.25) is 21.8 Å². The molecule has 0 saturated heterocycles. The molecule has 4 amide bonds. The number of pyridine rings is 1. The zero-order valence-corrected chi connectivity index (χ0v) is 28.3. The van der Waals surface area contributed by atoms with Gasteiger partial charge in [-0.1, -0.05) is 30.4 Å². The van der Waals surface area contributed by atoms with Crippen molar-refractivity contribution in [2.24, 2.45) is 17.8 Å². The zero-order chi connectivity index (χ0) is 34.2. The lowest BCUT2D eigenvalue weighted by Gasteiger charge is -2.26. The molecule has 0 bridgehead atoms. The first-order chi connectivity index (χ1) is 22.9. The normalized spacial score (nSPS) is 28.3. The quantitative estimate of drug-likeness (QED) is 0.387. The van der Waals surface area contributed by atoms with Gasteiger partial charge < -0.3 is 15.0 Å². The fourth-order valence-electron chi connectivity index (χ4n) is 6.79. The molecule has 1 aliphatic heterocycles. The van der Waals surface area contributed by atoms with Gasteiger partial charge in [-0.25, -0.2) is 13.2 Å². The third kappa shape index (κ3) is 7.25. The Morgan fingerprint density at radius 3 is 2.52 bits per heavy atom. The van der Waals surface area contributed by atoms with Gasteiger partial charge in [-0.15, -0.1) is 0 Å². The van der Waals surface area contributed by atoms with Crippen LogP contribution in [-0.2, 0) is 29.1 Å². The molecule has 1 aromatic carbocycles. The van der Waals surface area contributed by atoms with Gasteiger partial charge in [0, 0.05) is 31.3 Å². The summed E-state index contributed by atoms with van der Waals surface area (Å²) in [5.41, 5.74) is 2.42. The van der Waals surface area contributed by atoms with E-state index in [1.807, 2.05) is 56.3 Å². The van der Waals surface area contributed by atoms with E-state index in [1.165, 1.54) is 0 Å². The summed E-state index contributed by atoms with van der Waals surface area (Å²) in [4.78, 5) is 60.5. The molecule has 4 aliphatic rings. The molecule has 3 aliphatic carbocycles. The highest BCUT2D eigenvalue weighted by atomic mass is 32.2. The van der Waals surface area contributed by atoms with E-state index in [0.717, 1.165) is 30.4 Å². The molecule has 0 spiro atoms. The number of aromatic nitrogens is 1. The number of carbonyl (C=O) groups excluding carboxylic acids is 4. The minimum Gasteiger partial charge on any atom is -0.446 e. The van der Waals surface area contributed by atoms with E-state index in [4.69, 9.17) is 4.74 Å². The van der Waals surface area contributed by atoms with Gasteiger partial charge in [0.05, 0.1) is 28.5 Å². The third-order valence-corrected chi connectivity index (χ3v) is 11.7. The molecule has 12 nitrogen and oxygen atoms in total. The van der Waals surface area contributed by atoms with Crippen LogP contribution in [0.1, 0.15) is 62.5 Å². The molecular weight excluding hydrogens is 634 g/mol. The van der Waals surface area contributed by atoms with Gasteiger partial charge in [-0.05, 0) is 88.5 Å². The lowest BCUT2D eigenvalue weighted by Crippen LogP contribution is -2.54. The number of nitrogens with one attached hydrogen (secondary N) is 3. The summed E-state index contributed by atoms with van der Waals surface area (Å²) in [6.45, 7) is 4.37. The molecule has 256 valence electrons. The first kappa shape index (κ1) is 33.6. The summed E-state index contributed by atoms with van der Waals surface area (Å²) >= 11 is 0. The number of allylic oxidation sites excluding steroid dienone is 1. The lowest BCUT2D eigenvalue weighted by molar-refractivity contribution is -0.140. The van der Waals surface area contributed by atoms with E-state index in [9.17, 15) is 27.6 Å². The van der Waals surface area contributed by atoms with Crippen molar-refractivity contribution in [3.8, 4) is 11.3 Å². The zero-order valence-electron chi connectivity index (χ0n) is 27.5. The predicted molar refractivity (Wildman–Crippen MR) is 179 cm³/mol. The van der Waals surface area contributed by atoms with Gasteiger partial charge in [0.15, 0.2) is 0 Å². The van der Waals surface area contributed by atoms with Crippen molar-refractivity contribution in [2.45, 2.75) is 82.1 Å². The topological polar surface area (TPSA) is 164 Å².